The lowest BCUT2D eigenvalue weighted by Gasteiger charge is -2.31. The molecule has 1 aliphatic heterocycles. The minimum Gasteiger partial charge on any atom is -0.496 e. The second kappa shape index (κ2) is 10.3. The molecular weight excluding hydrogens is 476 g/mol. The van der Waals surface area contributed by atoms with E-state index in [1.54, 1.807) is 43.2 Å². The van der Waals surface area contributed by atoms with Gasteiger partial charge >= 0.3 is 5.97 Å². The van der Waals surface area contributed by atoms with Crippen molar-refractivity contribution in [3.8, 4) is 16.9 Å². The van der Waals surface area contributed by atoms with Crippen molar-refractivity contribution in [3.05, 3.63) is 88.5 Å². The summed E-state index contributed by atoms with van der Waals surface area (Å²) in [6, 6.07) is 15.0. The lowest BCUT2D eigenvalue weighted by atomic mass is 9.89. The van der Waals surface area contributed by atoms with Gasteiger partial charge in [0.15, 0.2) is 0 Å². The van der Waals surface area contributed by atoms with Gasteiger partial charge in [-0.15, -0.1) is 0 Å². The molecular formula is C30H29F2NO4. The molecule has 0 bridgehead atoms. The summed E-state index contributed by atoms with van der Waals surface area (Å²) in [6.07, 6.45) is 1.26. The van der Waals surface area contributed by atoms with E-state index in [-0.39, 0.29) is 41.8 Å². The molecule has 0 spiro atoms. The zero-order chi connectivity index (χ0) is 26.1. The molecule has 0 unspecified atom stereocenters. The highest BCUT2D eigenvalue weighted by Gasteiger charge is 2.46. The molecule has 0 radical (unpaired) electrons. The quantitative estimate of drug-likeness (QED) is 0.402. The Morgan fingerprint density at radius 3 is 2.51 bits per heavy atom. The number of hydrogen-bond donors (Lipinski definition) is 0. The van der Waals surface area contributed by atoms with Crippen molar-refractivity contribution in [2.45, 2.75) is 38.6 Å². The van der Waals surface area contributed by atoms with Crippen LogP contribution in [-0.2, 0) is 33.7 Å². The summed E-state index contributed by atoms with van der Waals surface area (Å²) in [4.78, 5) is 27.3. The number of ether oxygens (including phenoxy) is 2. The highest BCUT2D eigenvalue weighted by atomic mass is 19.1. The Kier molecular flexibility index (Phi) is 6.96. The number of fused-ring (bicyclic) bond motifs is 1. The van der Waals surface area contributed by atoms with Gasteiger partial charge in [0.2, 0.25) is 5.91 Å². The minimum absolute atomic E-state index is 0.0400. The van der Waals surface area contributed by atoms with Gasteiger partial charge < -0.3 is 14.4 Å². The molecule has 1 saturated carbocycles. The van der Waals surface area contributed by atoms with Crippen molar-refractivity contribution in [2.24, 2.45) is 5.92 Å². The Hall–Kier alpha value is -3.74. The van der Waals surface area contributed by atoms with Crippen LogP contribution in [0.5, 0.6) is 5.75 Å². The maximum absolute atomic E-state index is 14.9. The van der Waals surface area contributed by atoms with Crippen molar-refractivity contribution in [2.75, 3.05) is 20.3 Å². The molecule has 1 aliphatic carbocycles. The zero-order valence-corrected chi connectivity index (χ0v) is 20.9. The molecule has 7 heteroatoms. The van der Waals surface area contributed by atoms with E-state index >= 15 is 0 Å². The summed E-state index contributed by atoms with van der Waals surface area (Å²) < 4.78 is 38.9. The van der Waals surface area contributed by atoms with Crippen molar-refractivity contribution < 1.29 is 27.8 Å². The third-order valence-corrected chi connectivity index (χ3v) is 7.28. The monoisotopic (exact) mass is 505 g/mol. The number of nitrogens with zero attached hydrogens (tertiary/aromatic N) is 1. The number of methoxy groups -OCH3 is 1. The molecule has 37 heavy (non-hydrogen) atoms. The van der Waals surface area contributed by atoms with E-state index in [4.69, 9.17) is 9.47 Å². The molecule has 1 heterocycles. The fourth-order valence-corrected chi connectivity index (χ4v) is 5.31. The molecule has 2 aliphatic rings. The van der Waals surface area contributed by atoms with Gasteiger partial charge in [0.05, 0.1) is 20.1 Å². The highest BCUT2D eigenvalue weighted by molar-refractivity contribution is 5.84. The summed E-state index contributed by atoms with van der Waals surface area (Å²) in [6.45, 7) is 2.80. The van der Waals surface area contributed by atoms with Crippen LogP contribution in [-0.4, -0.2) is 37.0 Å². The average molecular weight is 506 g/mol. The number of amides is 1. The first kappa shape index (κ1) is 24.9. The van der Waals surface area contributed by atoms with Crippen molar-refractivity contribution in [1.29, 1.82) is 0 Å². The van der Waals surface area contributed by atoms with Crippen LogP contribution < -0.4 is 4.74 Å². The number of carbonyl (C=O) groups excluding carboxylic acids is 2. The van der Waals surface area contributed by atoms with E-state index in [1.165, 1.54) is 18.2 Å². The van der Waals surface area contributed by atoms with Gasteiger partial charge in [-0.05, 0) is 83.8 Å². The molecule has 3 aromatic carbocycles. The molecule has 0 aromatic heterocycles. The van der Waals surface area contributed by atoms with Gasteiger partial charge in [0.25, 0.3) is 0 Å². The van der Waals surface area contributed by atoms with E-state index in [2.05, 4.69) is 0 Å². The number of carbonyl (C=O) groups is 2. The molecule has 0 saturated heterocycles. The number of rotatable bonds is 7. The maximum Gasteiger partial charge on any atom is 0.310 e. The van der Waals surface area contributed by atoms with Crippen molar-refractivity contribution in [1.82, 2.24) is 4.90 Å². The second-order valence-electron chi connectivity index (χ2n) is 9.58. The summed E-state index contributed by atoms with van der Waals surface area (Å²) in [5, 5.41) is 0. The molecule has 5 rings (SSSR count). The lowest BCUT2D eigenvalue weighted by molar-refractivity contribution is -0.142. The lowest BCUT2D eigenvalue weighted by Crippen LogP contribution is -2.37. The standard InChI is InChI=1S/C30H29F2NO4/c1-3-37-29(34)15-18-4-11-28(36-2)24(14-18)21-9-10-27(32)22-12-13-33(17-26(21)22)30(35)25-16-23(25)19-5-7-20(31)8-6-19/h4-11,14,23,25H,3,12-13,15-17H2,1-2H3/t23-,25+/m0/s1. The largest absolute Gasteiger partial charge is 0.496 e. The predicted molar refractivity (Wildman–Crippen MR) is 135 cm³/mol. The fraction of sp³-hybridized carbons (Fsp3) is 0.333. The Bertz CT molecular complexity index is 1340. The first-order valence-electron chi connectivity index (χ1n) is 12.6. The third-order valence-electron chi connectivity index (χ3n) is 7.28. The van der Waals surface area contributed by atoms with E-state index < -0.39 is 0 Å². The fourth-order valence-electron chi connectivity index (χ4n) is 5.31. The molecule has 192 valence electrons. The van der Waals surface area contributed by atoms with Crippen LogP contribution in [0, 0.1) is 17.6 Å². The van der Waals surface area contributed by atoms with Gasteiger partial charge in [-0.2, -0.15) is 0 Å². The number of benzene rings is 3. The van der Waals surface area contributed by atoms with Crippen LogP contribution in [0.3, 0.4) is 0 Å². The van der Waals surface area contributed by atoms with E-state index in [0.29, 0.717) is 37.4 Å². The smallest absolute Gasteiger partial charge is 0.310 e. The van der Waals surface area contributed by atoms with Crippen molar-refractivity contribution in [3.63, 3.8) is 0 Å². The van der Waals surface area contributed by atoms with Gasteiger partial charge in [-0.1, -0.05) is 24.3 Å². The maximum atomic E-state index is 14.9. The second-order valence-corrected chi connectivity index (χ2v) is 9.58. The topological polar surface area (TPSA) is 55.8 Å². The van der Waals surface area contributed by atoms with E-state index in [9.17, 15) is 18.4 Å². The Labute approximate surface area is 215 Å². The predicted octanol–water partition coefficient (Wildman–Crippen LogP) is 5.43. The van der Waals surface area contributed by atoms with Crippen LogP contribution in [0.1, 0.15) is 41.5 Å². The molecule has 1 amide bonds. The average Bonchev–Trinajstić information content (AvgIpc) is 3.70. The summed E-state index contributed by atoms with van der Waals surface area (Å²) in [5.41, 5.74) is 4.60. The Morgan fingerprint density at radius 1 is 1.00 bits per heavy atom. The summed E-state index contributed by atoms with van der Waals surface area (Å²) >= 11 is 0. The van der Waals surface area contributed by atoms with Crippen LogP contribution in [0.25, 0.3) is 11.1 Å². The minimum atomic E-state index is -0.323. The Morgan fingerprint density at radius 2 is 1.78 bits per heavy atom. The first-order chi connectivity index (χ1) is 17.9. The Balaban J connectivity index is 1.42. The molecule has 0 N–H and O–H groups in total. The normalized spacial score (nSPS) is 18.2. The van der Waals surface area contributed by atoms with Gasteiger partial charge in [0.1, 0.15) is 17.4 Å². The molecule has 5 nitrogen and oxygen atoms in total. The van der Waals surface area contributed by atoms with Crippen LogP contribution in [0.4, 0.5) is 8.78 Å². The van der Waals surface area contributed by atoms with E-state index in [0.717, 1.165) is 34.2 Å². The van der Waals surface area contributed by atoms with Crippen LogP contribution >= 0.6 is 0 Å². The number of esters is 1. The van der Waals surface area contributed by atoms with Gasteiger partial charge in [0, 0.05) is 24.6 Å². The van der Waals surface area contributed by atoms with Gasteiger partial charge in [-0.3, -0.25) is 9.59 Å². The molecule has 3 aromatic rings. The first-order valence-corrected chi connectivity index (χ1v) is 12.6. The highest BCUT2D eigenvalue weighted by Crippen LogP contribution is 2.49. The van der Waals surface area contributed by atoms with Gasteiger partial charge in [-0.25, -0.2) is 8.78 Å². The number of halogens is 2. The number of hydrogen-bond acceptors (Lipinski definition) is 4. The van der Waals surface area contributed by atoms with Crippen LogP contribution in [0.15, 0.2) is 54.6 Å². The van der Waals surface area contributed by atoms with Crippen LogP contribution in [0.2, 0.25) is 0 Å². The SMILES string of the molecule is CCOC(=O)Cc1ccc(OC)c(-c2ccc(F)c3c2CN(C(=O)[C@@H]2C[C@H]2c2ccc(F)cc2)CC3)c1. The zero-order valence-electron chi connectivity index (χ0n) is 20.9. The summed E-state index contributed by atoms with van der Waals surface area (Å²) in [7, 11) is 1.57. The summed E-state index contributed by atoms with van der Waals surface area (Å²) in [5.74, 6) is -0.328. The molecule has 1 fully saturated rings. The van der Waals surface area contributed by atoms with Crippen molar-refractivity contribution >= 4 is 11.9 Å². The van der Waals surface area contributed by atoms with E-state index in [1.807, 2.05) is 12.1 Å². The molecule has 2 atom stereocenters. The third kappa shape index (κ3) is 5.08.